The summed E-state index contributed by atoms with van der Waals surface area (Å²) in [6.07, 6.45) is -0.782. The van der Waals surface area contributed by atoms with Crippen molar-refractivity contribution in [2.24, 2.45) is 0 Å². The topological polar surface area (TPSA) is 43.7 Å². The molecule has 0 heterocycles. The fraction of sp³-hybridized carbons (Fsp3) is 0.294. The van der Waals surface area contributed by atoms with Gasteiger partial charge in [-0.15, -0.1) is 0 Å². The lowest BCUT2D eigenvalue weighted by Gasteiger charge is -2.24. The van der Waals surface area contributed by atoms with E-state index in [2.05, 4.69) is 0 Å². The van der Waals surface area contributed by atoms with Gasteiger partial charge >= 0.3 is 0 Å². The Hall–Kier alpha value is -1.75. The number of benzene rings is 2. The second-order valence-electron chi connectivity index (χ2n) is 5.02. The number of rotatable bonds is 7. The summed E-state index contributed by atoms with van der Waals surface area (Å²) in [5.74, 6) is -0.358. The molecule has 2 aromatic rings. The van der Waals surface area contributed by atoms with E-state index in [4.69, 9.17) is 5.11 Å². The van der Waals surface area contributed by atoms with Crippen LogP contribution in [0.4, 0.5) is 4.39 Å². The molecule has 0 aromatic heterocycles. The molecule has 0 spiro atoms. The molecular weight excluding hydrogens is 269 g/mol. The molecule has 112 valence electrons. The summed E-state index contributed by atoms with van der Waals surface area (Å²) in [7, 11) is 0. The van der Waals surface area contributed by atoms with Gasteiger partial charge in [0.15, 0.2) is 0 Å². The van der Waals surface area contributed by atoms with Crippen molar-refractivity contribution in [1.29, 1.82) is 0 Å². The van der Waals surface area contributed by atoms with Crippen molar-refractivity contribution in [2.45, 2.75) is 12.6 Å². The molecule has 0 aliphatic heterocycles. The predicted octanol–water partition coefficient (Wildman–Crippen LogP) is 2.35. The molecule has 4 heteroatoms. The molecule has 0 unspecified atom stereocenters. The number of aliphatic hydroxyl groups excluding tert-OH is 2. The standard InChI is InChI=1S/C17H20FNO2/c18-16-8-4-7-15(11-16)17(21)13-19(9-10-20)12-14-5-2-1-3-6-14/h1-8,11,17,20-21H,9-10,12-13H2/t17-/m1/s1. The molecule has 0 aliphatic carbocycles. The lowest BCUT2D eigenvalue weighted by Crippen LogP contribution is -2.31. The van der Waals surface area contributed by atoms with Crippen molar-refractivity contribution >= 4 is 0 Å². The minimum atomic E-state index is -0.782. The van der Waals surface area contributed by atoms with Crippen LogP contribution in [0.5, 0.6) is 0 Å². The third kappa shape index (κ3) is 4.93. The van der Waals surface area contributed by atoms with Gasteiger partial charge in [-0.25, -0.2) is 4.39 Å². The van der Waals surface area contributed by atoms with Crippen LogP contribution in [0, 0.1) is 5.82 Å². The molecule has 0 amide bonds. The highest BCUT2D eigenvalue weighted by atomic mass is 19.1. The van der Waals surface area contributed by atoms with Crippen molar-refractivity contribution in [3.8, 4) is 0 Å². The normalized spacial score (nSPS) is 12.6. The average molecular weight is 289 g/mol. The Labute approximate surface area is 124 Å². The van der Waals surface area contributed by atoms with Crippen molar-refractivity contribution in [3.63, 3.8) is 0 Å². The van der Waals surface area contributed by atoms with Gasteiger partial charge in [0, 0.05) is 19.6 Å². The highest BCUT2D eigenvalue weighted by molar-refractivity contribution is 5.19. The van der Waals surface area contributed by atoms with E-state index in [0.717, 1.165) is 5.56 Å². The van der Waals surface area contributed by atoms with Crippen LogP contribution in [0.1, 0.15) is 17.2 Å². The van der Waals surface area contributed by atoms with Crippen LogP contribution >= 0.6 is 0 Å². The Balaban J connectivity index is 2.02. The van der Waals surface area contributed by atoms with Gasteiger partial charge in [-0.05, 0) is 23.3 Å². The van der Waals surface area contributed by atoms with Gasteiger partial charge in [0.25, 0.3) is 0 Å². The van der Waals surface area contributed by atoms with Crippen molar-refractivity contribution < 1.29 is 14.6 Å². The van der Waals surface area contributed by atoms with E-state index in [0.29, 0.717) is 25.2 Å². The first-order chi connectivity index (χ1) is 10.2. The minimum absolute atomic E-state index is 0.0166. The van der Waals surface area contributed by atoms with E-state index in [1.165, 1.54) is 12.1 Å². The Morgan fingerprint density at radius 1 is 1.05 bits per heavy atom. The summed E-state index contributed by atoms with van der Waals surface area (Å²) in [4.78, 5) is 1.95. The van der Waals surface area contributed by atoms with E-state index in [1.54, 1.807) is 12.1 Å². The summed E-state index contributed by atoms with van der Waals surface area (Å²) < 4.78 is 13.2. The first-order valence-corrected chi connectivity index (χ1v) is 6.99. The van der Waals surface area contributed by atoms with Gasteiger partial charge < -0.3 is 10.2 Å². The van der Waals surface area contributed by atoms with Gasteiger partial charge in [0.05, 0.1) is 12.7 Å². The number of hydrogen-bond donors (Lipinski definition) is 2. The molecule has 21 heavy (non-hydrogen) atoms. The molecule has 0 aliphatic rings. The fourth-order valence-electron chi connectivity index (χ4n) is 2.28. The highest BCUT2D eigenvalue weighted by Crippen LogP contribution is 2.16. The predicted molar refractivity (Wildman–Crippen MR) is 80.2 cm³/mol. The number of nitrogens with zero attached hydrogens (tertiary/aromatic N) is 1. The maximum Gasteiger partial charge on any atom is 0.123 e. The molecule has 2 N–H and O–H groups in total. The molecular formula is C17H20FNO2. The number of aliphatic hydroxyl groups is 2. The lowest BCUT2D eigenvalue weighted by molar-refractivity contribution is 0.0954. The van der Waals surface area contributed by atoms with Gasteiger partial charge in [-0.3, -0.25) is 4.90 Å². The Morgan fingerprint density at radius 2 is 1.81 bits per heavy atom. The summed E-state index contributed by atoms with van der Waals surface area (Å²) in [5.41, 5.74) is 1.66. The van der Waals surface area contributed by atoms with Gasteiger partial charge in [-0.2, -0.15) is 0 Å². The summed E-state index contributed by atoms with van der Waals surface area (Å²) >= 11 is 0. The van der Waals surface area contributed by atoms with Gasteiger partial charge in [0.2, 0.25) is 0 Å². The molecule has 1 atom stereocenters. The molecule has 3 nitrogen and oxygen atoms in total. The largest absolute Gasteiger partial charge is 0.395 e. The van der Waals surface area contributed by atoms with Crippen LogP contribution in [-0.2, 0) is 6.54 Å². The Bertz CT molecular complexity index is 547. The van der Waals surface area contributed by atoms with Gasteiger partial charge in [0.1, 0.15) is 5.82 Å². The minimum Gasteiger partial charge on any atom is -0.395 e. The zero-order valence-corrected chi connectivity index (χ0v) is 11.8. The van der Waals surface area contributed by atoms with Gasteiger partial charge in [-0.1, -0.05) is 42.5 Å². The maximum absolute atomic E-state index is 13.2. The monoisotopic (exact) mass is 289 g/mol. The summed E-state index contributed by atoms with van der Waals surface area (Å²) in [5, 5.41) is 19.4. The second kappa shape index (κ2) is 7.88. The molecule has 0 saturated heterocycles. The lowest BCUT2D eigenvalue weighted by atomic mass is 10.1. The SMILES string of the molecule is OCCN(Cc1ccccc1)C[C@@H](O)c1cccc(F)c1. The Kier molecular flexibility index (Phi) is 5.87. The first-order valence-electron chi connectivity index (χ1n) is 6.99. The maximum atomic E-state index is 13.2. The molecule has 0 fully saturated rings. The first kappa shape index (κ1) is 15.6. The smallest absolute Gasteiger partial charge is 0.123 e. The van der Waals surface area contributed by atoms with Crippen molar-refractivity contribution in [3.05, 3.63) is 71.5 Å². The van der Waals surface area contributed by atoms with Crippen LogP contribution in [0.3, 0.4) is 0 Å². The van der Waals surface area contributed by atoms with E-state index in [1.807, 2.05) is 35.2 Å². The van der Waals surface area contributed by atoms with Crippen LogP contribution < -0.4 is 0 Å². The molecule has 2 rings (SSSR count). The number of halogens is 1. The fourth-order valence-corrected chi connectivity index (χ4v) is 2.28. The zero-order chi connectivity index (χ0) is 15.1. The summed E-state index contributed by atoms with van der Waals surface area (Å²) in [6, 6.07) is 15.8. The third-order valence-corrected chi connectivity index (χ3v) is 3.33. The zero-order valence-electron chi connectivity index (χ0n) is 11.8. The van der Waals surface area contributed by atoms with Crippen molar-refractivity contribution in [1.82, 2.24) is 4.90 Å². The van der Waals surface area contributed by atoms with E-state index < -0.39 is 6.10 Å². The molecule has 0 radical (unpaired) electrons. The van der Waals surface area contributed by atoms with Crippen LogP contribution in [0.15, 0.2) is 54.6 Å². The average Bonchev–Trinajstić information content (AvgIpc) is 2.48. The van der Waals surface area contributed by atoms with Crippen LogP contribution in [-0.4, -0.2) is 34.8 Å². The third-order valence-electron chi connectivity index (χ3n) is 3.33. The second-order valence-corrected chi connectivity index (χ2v) is 5.02. The molecule has 0 saturated carbocycles. The van der Waals surface area contributed by atoms with E-state index >= 15 is 0 Å². The number of hydrogen-bond acceptors (Lipinski definition) is 3. The summed E-state index contributed by atoms with van der Waals surface area (Å²) in [6.45, 7) is 1.46. The quantitative estimate of drug-likeness (QED) is 0.822. The molecule has 0 bridgehead atoms. The van der Waals surface area contributed by atoms with E-state index in [-0.39, 0.29) is 12.4 Å². The molecule has 2 aromatic carbocycles. The van der Waals surface area contributed by atoms with Crippen LogP contribution in [0.25, 0.3) is 0 Å². The van der Waals surface area contributed by atoms with Crippen molar-refractivity contribution in [2.75, 3.05) is 19.7 Å². The van der Waals surface area contributed by atoms with E-state index in [9.17, 15) is 9.50 Å². The highest BCUT2D eigenvalue weighted by Gasteiger charge is 2.14. The van der Waals surface area contributed by atoms with Crippen LogP contribution in [0.2, 0.25) is 0 Å². The Morgan fingerprint density at radius 3 is 2.48 bits per heavy atom.